The van der Waals surface area contributed by atoms with Crippen molar-refractivity contribution in [2.45, 2.75) is 25.2 Å². The number of hydrogen-bond donors (Lipinski definition) is 0. The second kappa shape index (κ2) is 6.68. The van der Waals surface area contributed by atoms with E-state index in [2.05, 4.69) is 4.74 Å². The Morgan fingerprint density at radius 2 is 1.95 bits per heavy atom. The molecule has 0 amide bonds. The van der Waals surface area contributed by atoms with E-state index in [1.807, 2.05) is 0 Å². The number of nitrogens with zero attached hydrogens (tertiary/aromatic N) is 1. The molecule has 0 aliphatic rings. The zero-order valence-electron chi connectivity index (χ0n) is 11.4. The molecule has 0 unspecified atom stereocenters. The summed E-state index contributed by atoms with van der Waals surface area (Å²) >= 11 is 0. The minimum absolute atomic E-state index is 0.0510. The average molecular weight is 285 g/mol. The predicted molar refractivity (Wildman–Crippen MR) is 72.2 cm³/mol. The topological polar surface area (TPSA) is 63.7 Å². The quantitative estimate of drug-likeness (QED) is 0.744. The third-order valence-electron chi connectivity index (χ3n) is 2.86. The van der Waals surface area contributed by atoms with Gasteiger partial charge in [-0.05, 0) is 18.6 Å². The molecule has 1 rings (SSSR count). The number of carbonyl (C=O) groups excluding carboxylic acids is 1. The van der Waals surface area contributed by atoms with Crippen molar-refractivity contribution < 1.29 is 17.9 Å². The summed E-state index contributed by atoms with van der Waals surface area (Å²) < 4.78 is 30.7. The first-order chi connectivity index (χ1) is 8.93. The number of ether oxygens (including phenoxy) is 1. The van der Waals surface area contributed by atoms with Crippen LogP contribution in [0.2, 0.25) is 0 Å². The van der Waals surface area contributed by atoms with Crippen molar-refractivity contribution in [2.75, 3.05) is 20.2 Å². The fourth-order valence-electron chi connectivity index (χ4n) is 1.75. The zero-order chi connectivity index (χ0) is 14.5. The minimum atomic E-state index is -3.56. The highest BCUT2D eigenvalue weighted by Crippen LogP contribution is 2.19. The lowest BCUT2D eigenvalue weighted by atomic mass is 10.2. The molecular weight excluding hydrogens is 266 g/mol. The summed E-state index contributed by atoms with van der Waals surface area (Å²) in [4.78, 5) is 11.4. The van der Waals surface area contributed by atoms with Crippen LogP contribution in [-0.2, 0) is 19.6 Å². The number of benzene rings is 1. The van der Waals surface area contributed by atoms with Crippen LogP contribution in [0, 0.1) is 6.92 Å². The number of methoxy groups -OCH3 is 1. The molecule has 0 aromatic heterocycles. The Kier molecular flexibility index (Phi) is 5.50. The Hall–Kier alpha value is -1.40. The number of sulfonamides is 1. The van der Waals surface area contributed by atoms with Gasteiger partial charge in [0.1, 0.15) is 0 Å². The lowest BCUT2D eigenvalue weighted by Gasteiger charge is -2.21. The van der Waals surface area contributed by atoms with Crippen LogP contribution in [-0.4, -0.2) is 38.9 Å². The van der Waals surface area contributed by atoms with E-state index in [-0.39, 0.29) is 17.9 Å². The van der Waals surface area contributed by atoms with E-state index in [1.165, 1.54) is 11.4 Å². The monoisotopic (exact) mass is 285 g/mol. The Labute approximate surface area is 114 Å². The molecule has 5 nitrogen and oxygen atoms in total. The summed E-state index contributed by atoms with van der Waals surface area (Å²) in [6.07, 6.45) is 0.0510. The van der Waals surface area contributed by atoms with Gasteiger partial charge in [-0.15, -0.1) is 0 Å². The maximum absolute atomic E-state index is 12.5. The molecule has 1 aromatic carbocycles. The molecule has 0 spiro atoms. The van der Waals surface area contributed by atoms with Crippen LogP contribution < -0.4 is 0 Å². The van der Waals surface area contributed by atoms with Gasteiger partial charge < -0.3 is 4.74 Å². The average Bonchev–Trinajstić information content (AvgIpc) is 2.39. The van der Waals surface area contributed by atoms with Crippen LogP contribution in [0.25, 0.3) is 0 Å². The molecule has 0 bridgehead atoms. The molecule has 0 saturated heterocycles. The lowest BCUT2D eigenvalue weighted by molar-refractivity contribution is -0.140. The van der Waals surface area contributed by atoms with Gasteiger partial charge in [0.05, 0.1) is 18.4 Å². The van der Waals surface area contributed by atoms with E-state index < -0.39 is 16.0 Å². The van der Waals surface area contributed by atoms with Gasteiger partial charge in [0.25, 0.3) is 0 Å². The first-order valence-electron chi connectivity index (χ1n) is 6.06. The fourth-order valence-corrected chi connectivity index (χ4v) is 3.43. The van der Waals surface area contributed by atoms with Crippen molar-refractivity contribution in [3.63, 3.8) is 0 Å². The van der Waals surface area contributed by atoms with Crippen molar-refractivity contribution >= 4 is 16.0 Å². The van der Waals surface area contributed by atoms with Gasteiger partial charge in [-0.1, -0.05) is 25.1 Å². The van der Waals surface area contributed by atoms with Gasteiger partial charge in [0.15, 0.2) is 0 Å². The van der Waals surface area contributed by atoms with E-state index >= 15 is 0 Å². The molecule has 6 heteroatoms. The van der Waals surface area contributed by atoms with Crippen molar-refractivity contribution in [1.29, 1.82) is 0 Å². The standard InChI is InChI=1S/C13H19NO4S/c1-4-14(10-9-13(15)18-3)19(16,17)12-8-6-5-7-11(12)2/h5-8H,4,9-10H2,1-3H3. The molecule has 0 aliphatic heterocycles. The van der Waals surface area contributed by atoms with Crippen molar-refractivity contribution in [1.82, 2.24) is 4.31 Å². The number of aryl methyl sites for hydroxylation is 1. The van der Waals surface area contributed by atoms with Crippen molar-refractivity contribution in [2.24, 2.45) is 0 Å². The van der Waals surface area contributed by atoms with Gasteiger partial charge in [0, 0.05) is 13.1 Å². The van der Waals surface area contributed by atoms with Crippen LogP contribution in [0.15, 0.2) is 29.2 Å². The van der Waals surface area contributed by atoms with E-state index in [0.29, 0.717) is 12.1 Å². The highest BCUT2D eigenvalue weighted by Gasteiger charge is 2.24. The second-order valence-corrected chi connectivity index (χ2v) is 5.99. The molecule has 0 radical (unpaired) electrons. The highest BCUT2D eigenvalue weighted by molar-refractivity contribution is 7.89. The second-order valence-electron chi connectivity index (χ2n) is 4.09. The molecule has 0 aliphatic carbocycles. The molecule has 106 valence electrons. The fraction of sp³-hybridized carbons (Fsp3) is 0.462. The van der Waals surface area contributed by atoms with Crippen LogP contribution >= 0.6 is 0 Å². The third kappa shape index (κ3) is 3.78. The highest BCUT2D eigenvalue weighted by atomic mass is 32.2. The Bertz CT molecular complexity index is 539. The van der Waals surface area contributed by atoms with E-state index in [9.17, 15) is 13.2 Å². The summed E-state index contributed by atoms with van der Waals surface area (Å²) in [6, 6.07) is 6.81. The summed E-state index contributed by atoms with van der Waals surface area (Å²) in [5.74, 6) is -0.418. The smallest absolute Gasteiger partial charge is 0.306 e. The molecule has 0 heterocycles. The maximum Gasteiger partial charge on any atom is 0.306 e. The molecular formula is C13H19NO4S. The molecule has 1 aromatic rings. The first-order valence-corrected chi connectivity index (χ1v) is 7.50. The SMILES string of the molecule is CCN(CCC(=O)OC)S(=O)(=O)c1ccccc1C. The molecule has 19 heavy (non-hydrogen) atoms. The molecule has 0 N–H and O–H groups in total. The van der Waals surface area contributed by atoms with Crippen molar-refractivity contribution in [3.05, 3.63) is 29.8 Å². The summed E-state index contributed by atoms with van der Waals surface area (Å²) in [7, 11) is -2.27. The predicted octanol–water partition coefficient (Wildman–Crippen LogP) is 1.57. The largest absolute Gasteiger partial charge is 0.469 e. The Morgan fingerprint density at radius 3 is 2.47 bits per heavy atom. The lowest BCUT2D eigenvalue weighted by Crippen LogP contribution is -2.33. The normalized spacial score (nSPS) is 11.6. The summed E-state index contributed by atoms with van der Waals surface area (Å²) in [5.41, 5.74) is 0.694. The number of carbonyl (C=O) groups is 1. The summed E-state index contributed by atoms with van der Waals surface area (Å²) in [5, 5.41) is 0. The molecule has 0 fully saturated rings. The molecule has 0 saturated carbocycles. The van der Waals surface area contributed by atoms with Gasteiger partial charge in [-0.2, -0.15) is 4.31 Å². The van der Waals surface area contributed by atoms with E-state index in [4.69, 9.17) is 0 Å². The number of esters is 1. The van der Waals surface area contributed by atoms with Gasteiger partial charge in [0.2, 0.25) is 10.0 Å². The van der Waals surface area contributed by atoms with E-state index in [1.54, 1.807) is 38.1 Å². The van der Waals surface area contributed by atoms with E-state index in [0.717, 1.165) is 0 Å². The van der Waals surface area contributed by atoms with Crippen LogP contribution in [0.4, 0.5) is 0 Å². The maximum atomic E-state index is 12.5. The number of hydrogen-bond acceptors (Lipinski definition) is 4. The van der Waals surface area contributed by atoms with Crippen LogP contribution in [0.1, 0.15) is 18.9 Å². The van der Waals surface area contributed by atoms with Crippen molar-refractivity contribution in [3.8, 4) is 0 Å². The van der Waals surface area contributed by atoms with Gasteiger partial charge >= 0.3 is 5.97 Å². The Balaban J connectivity index is 2.97. The Morgan fingerprint density at radius 1 is 1.32 bits per heavy atom. The first kappa shape index (κ1) is 15.7. The van der Waals surface area contributed by atoms with Gasteiger partial charge in [-0.3, -0.25) is 4.79 Å². The zero-order valence-corrected chi connectivity index (χ0v) is 12.2. The minimum Gasteiger partial charge on any atom is -0.469 e. The number of rotatable bonds is 6. The molecule has 0 atom stereocenters. The third-order valence-corrected chi connectivity index (χ3v) is 4.99. The summed E-state index contributed by atoms with van der Waals surface area (Å²) in [6.45, 7) is 3.93. The van der Waals surface area contributed by atoms with Crippen LogP contribution in [0.5, 0.6) is 0 Å². The van der Waals surface area contributed by atoms with Crippen LogP contribution in [0.3, 0.4) is 0 Å². The van der Waals surface area contributed by atoms with Gasteiger partial charge in [-0.25, -0.2) is 8.42 Å².